The Morgan fingerprint density at radius 2 is 1.84 bits per heavy atom. The average Bonchev–Trinajstić information content (AvgIpc) is 3.37. The number of benzene rings is 1. The molecule has 3 aliphatic rings. The van der Waals surface area contributed by atoms with Crippen molar-refractivity contribution in [1.82, 2.24) is 9.47 Å². The van der Waals surface area contributed by atoms with Crippen LogP contribution in [0.1, 0.15) is 87.7 Å². The van der Waals surface area contributed by atoms with Crippen molar-refractivity contribution in [2.24, 2.45) is 0 Å². The zero-order valence-corrected chi connectivity index (χ0v) is 23.7. The van der Waals surface area contributed by atoms with E-state index in [1.54, 1.807) is 27.9 Å². The molecule has 0 unspecified atom stereocenters. The predicted octanol–water partition coefficient (Wildman–Crippen LogP) is 5.05. The van der Waals surface area contributed by atoms with E-state index >= 15 is 0 Å². The number of hydrogen-bond acceptors (Lipinski definition) is 6. The second kappa shape index (κ2) is 9.72. The summed E-state index contributed by atoms with van der Waals surface area (Å²) in [5.41, 5.74) is 5.60. The first-order chi connectivity index (χ1) is 17.9. The number of aromatic nitrogens is 1. The summed E-state index contributed by atoms with van der Waals surface area (Å²) in [7, 11) is 1.63. The van der Waals surface area contributed by atoms with Crippen LogP contribution in [0.5, 0.6) is 5.75 Å². The third-order valence-electron chi connectivity index (χ3n) is 7.77. The molecule has 0 radical (unpaired) electrons. The normalized spacial score (nSPS) is 22.7. The summed E-state index contributed by atoms with van der Waals surface area (Å²) in [5.74, 6) is -0.659. The van der Waals surface area contributed by atoms with Crippen LogP contribution in [0.2, 0.25) is 0 Å². The highest BCUT2D eigenvalue weighted by molar-refractivity contribution is 5.96. The molecule has 0 saturated carbocycles. The van der Waals surface area contributed by atoms with Gasteiger partial charge in [0.15, 0.2) is 11.9 Å². The number of ether oxygens (including phenoxy) is 4. The Morgan fingerprint density at radius 1 is 1.08 bits per heavy atom. The molecule has 1 saturated heterocycles. The second-order valence-electron chi connectivity index (χ2n) is 11.9. The van der Waals surface area contributed by atoms with Gasteiger partial charge in [-0.2, -0.15) is 0 Å². The van der Waals surface area contributed by atoms with Crippen molar-refractivity contribution >= 4 is 11.9 Å². The molecular formula is C30H40N2O6. The number of nitrogens with zero attached hydrogens (tertiary/aromatic N) is 2. The summed E-state index contributed by atoms with van der Waals surface area (Å²) in [5, 5.41) is 0. The van der Waals surface area contributed by atoms with Gasteiger partial charge in [0.2, 0.25) is 0 Å². The molecule has 38 heavy (non-hydrogen) atoms. The summed E-state index contributed by atoms with van der Waals surface area (Å²) >= 11 is 0. The summed E-state index contributed by atoms with van der Waals surface area (Å²) in [6, 6.07) is 6.28. The van der Waals surface area contributed by atoms with E-state index < -0.39 is 24.0 Å². The third kappa shape index (κ3) is 4.62. The Balaban J connectivity index is 1.62. The molecule has 3 aliphatic heterocycles. The zero-order chi connectivity index (χ0) is 27.4. The van der Waals surface area contributed by atoms with E-state index in [4.69, 9.17) is 18.9 Å². The SMILES string of the molecule is CCOC(=O)[C@@H]1OC(C)(C)O[C@@H]1c1cc2c(cc1OC)CCn1c-2cc2c1C(=O)N(C(C)(C)C)CCCC2. The smallest absolute Gasteiger partial charge is 0.338 e. The first-order valence-corrected chi connectivity index (χ1v) is 13.7. The predicted molar refractivity (Wildman–Crippen MR) is 143 cm³/mol. The maximum absolute atomic E-state index is 13.9. The molecule has 1 fully saturated rings. The van der Waals surface area contributed by atoms with Gasteiger partial charge in [0.05, 0.1) is 13.7 Å². The molecule has 206 valence electrons. The van der Waals surface area contributed by atoms with Gasteiger partial charge < -0.3 is 28.4 Å². The fourth-order valence-corrected chi connectivity index (χ4v) is 6.06. The van der Waals surface area contributed by atoms with Crippen LogP contribution in [0.15, 0.2) is 18.2 Å². The maximum atomic E-state index is 13.9. The number of esters is 1. The van der Waals surface area contributed by atoms with Crippen molar-refractivity contribution < 1.29 is 28.5 Å². The molecule has 0 N–H and O–H groups in total. The standard InChI is InChI=1S/C30H40N2O6/c1-8-36-28(34)26-25(37-30(5,6)38-26)21-17-20-18(16-23(21)35-7)12-14-31-22(20)15-19-11-9-10-13-32(29(2,3)4)27(33)24(19)31/h15-17,25-26H,8-14H2,1-7H3/t25-,26-/m1/s1. The van der Waals surface area contributed by atoms with Crippen LogP contribution in [0.25, 0.3) is 11.3 Å². The van der Waals surface area contributed by atoms with E-state index in [2.05, 4.69) is 37.5 Å². The molecule has 8 nitrogen and oxygen atoms in total. The maximum Gasteiger partial charge on any atom is 0.338 e. The van der Waals surface area contributed by atoms with E-state index in [0.717, 1.165) is 72.4 Å². The van der Waals surface area contributed by atoms with Gasteiger partial charge in [-0.3, -0.25) is 4.79 Å². The lowest BCUT2D eigenvalue weighted by Crippen LogP contribution is -2.47. The molecule has 2 aromatic rings. The number of amides is 1. The van der Waals surface area contributed by atoms with Crippen molar-refractivity contribution in [1.29, 1.82) is 0 Å². The lowest BCUT2D eigenvalue weighted by molar-refractivity contribution is -0.170. The molecule has 4 heterocycles. The largest absolute Gasteiger partial charge is 0.496 e. The van der Waals surface area contributed by atoms with Gasteiger partial charge in [0, 0.05) is 35.4 Å². The topological polar surface area (TPSA) is 79.2 Å². The van der Waals surface area contributed by atoms with Crippen LogP contribution in [0, 0.1) is 0 Å². The Kier molecular flexibility index (Phi) is 6.84. The fourth-order valence-electron chi connectivity index (χ4n) is 6.06. The Morgan fingerprint density at radius 3 is 2.53 bits per heavy atom. The van der Waals surface area contributed by atoms with Gasteiger partial charge >= 0.3 is 5.97 Å². The van der Waals surface area contributed by atoms with Crippen molar-refractivity contribution in [3.8, 4) is 17.0 Å². The van der Waals surface area contributed by atoms with Gasteiger partial charge in [0.25, 0.3) is 5.91 Å². The first kappa shape index (κ1) is 26.8. The minimum Gasteiger partial charge on any atom is -0.496 e. The minimum absolute atomic E-state index is 0.104. The van der Waals surface area contributed by atoms with E-state index in [9.17, 15) is 9.59 Å². The summed E-state index contributed by atoms with van der Waals surface area (Å²) in [4.78, 5) is 28.8. The van der Waals surface area contributed by atoms with Crippen LogP contribution in [-0.2, 0) is 38.4 Å². The van der Waals surface area contributed by atoms with Gasteiger partial charge in [-0.1, -0.05) is 0 Å². The number of fused-ring (bicyclic) bond motifs is 5. The quantitative estimate of drug-likeness (QED) is 0.521. The highest BCUT2D eigenvalue weighted by Gasteiger charge is 2.48. The van der Waals surface area contributed by atoms with Crippen LogP contribution in [-0.4, -0.2) is 59.0 Å². The lowest BCUT2D eigenvalue weighted by Gasteiger charge is -2.37. The van der Waals surface area contributed by atoms with Crippen molar-refractivity contribution in [3.05, 3.63) is 40.6 Å². The van der Waals surface area contributed by atoms with E-state index in [0.29, 0.717) is 5.75 Å². The Hall–Kier alpha value is -2.84. The van der Waals surface area contributed by atoms with Crippen LogP contribution < -0.4 is 4.74 Å². The monoisotopic (exact) mass is 524 g/mol. The summed E-state index contributed by atoms with van der Waals surface area (Å²) in [6.45, 7) is 13.4. The number of carbonyl (C=O) groups is 2. The van der Waals surface area contributed by atoms with Crippen LogP contribution in [0.4, 0.5) is 0 Å². The minimum atomic E-state index is -0.957. The summed E-state index contributed by atoms with van der Waals surface area (Å²) in [6.07, 6.45) is 2.10. The lowest BCUT2D eigenvalue weighted by atomic mass is 9.92. The van der Waals surface area contributed by atoms with Crippen LogP contribution in [0.3, 0.4) is 0 Å². The molecule has 2 atom stereocenters. The van der Waals surface area contributed by atoms with Gasteiger partial charge in [0.1, 0.15) is 17.5 Å². The van der Waals surface area contributed by atoms with Crippen molar-refractivity contribution in [3.63, 3.8) is 0 Å². The van der Waals surface area contributed by atoms with Gasteiger partial charge in [-0.25, -0.2) is 4.79 Å². The summed E-state index contributed by atoms with van der Waals surface area (Å²) < 4.78 is 25.5. The highest BCUT2D eigenvalue weighted by atomic mass is 16.8. The molecule has 5 rings (SSSR count). The number of hydrogen-bond donors (Lipinski definition) is 0. The second-order valence-corrected chi connectivity index (χ2v) is 11.9. The molecule has 1 aromatic carbocycles. The Labute approximate surface area is 225 Å². The molecule has 8 heteroatoms. The number of carbonyl (C=O) groups excluding carboxylic acids is 2. The Bertz CT molecular complexity index is 1250. The van der Waals surface area contributed by atoms with Gasteiger partial charge in [-0.15, -0.1) is 0 Å². The van der Waals surface area contributed by atoms with Crippen molar-refractivity contribution in [2.75, 3.05) is 20.3 Å². The van der Waals surface area contributed by atoms with Gasteiger partial charge in [-0.05, 0) is 96.6 Å². The number of rotatable bonds is 4. The molecule has 0 bridgehead atoms. The third-order valence-corrected chi connectivity index (χ3v) is 7.77. The highest BCUT2D eigenvalue weighted by Crippen LogP contribution is 2.46. The van der Waals surface area contributed by atoms with E-state index in [1.807, 2.05) is 11.0 Å². The van der Waals surface area contributed by atoms with E-state index in [-0.39, 0.29) is 18.1 Å². The number of aryl methyl sites for hydroxylation is 2. The molecule has 1 amide bonds. The van der Waals surface area contributed by atoms with Crippen LogP contribution >= 0.6 is 0 Å². The molecule has 0 spiro atoms. The molecule has 0 aliphatic carbocycles. The zero-order valence-electron chi connectivity index (χ0n) is 23.7. The van der Waals surface area contributed by atoms with E-state index in [1.165, 1.54) is 0 Å². The fraction of sp³-hybridized carbons (Fsp3) is 0.600. The molecular weight excluding hydrogens is 484 g/mol. The first-order valence-electron chi connectivity index (χ1n) is 13.7. The van der Waals surface area contributed by atoms with Crippen molar-refractivity contribution in [2.45, 2.75) is 97.3 Å². The average molecular weight is 525 g/mol. The number of methoxy groups -OCH3 is 1. The molecule has 1 aromatic heterocycles.